The maximum Gasteiger partial charge on any atom is 0.573 e. The Morgan fingerprint density at radius 3 is 2.65 bits per heavy atom. The van der Waals surface area contributed by atoms with E-state index in [0.717, 1.165) is 23.0 Å². The minimum absolute atomic E-state index is 0.131. The smallest absolute Gasteiger partial charge is 0.404 e. The third kappa shape index (κ3) is 2.77. The molecule has 0 spiro atoms. The predicted octanol–water partition coefficient (Wildman–Crippen LogP) is 2.00. The summed E-state index contributed by atoms with van der Waals surface area (Å²) in [6.45, 7) is 0. The minimum atomic E-state index is -4.88. The number of ether oxygens (including phenoxy) is 1. The van der Waals surface area contributed by atoms with Crippen molar-refractivity contribution >= 4 is 0 Å². The van der Waals surface area contributed by atoms with Crippen molar-refractivity contribution in [2.45, 2.75) is 6.36 Å². The van der Waals surface area contributed by atoms with Crippen molar-refractivity contribution in [1.29, 1.82) is 5.26 Å². The molecular formula is C12H6F3N3O2. The summed E-state index contributed by atoms with van der Waals surface area (Å²) in [5, 5.41) is 8.71. The number of hydrogen-bond acceptors (Lipinski definition) is 4. The normalized spacial score (nSPS) is 10.9. The molecule has 5 nitrogen and oxygen atoms in total. The molecule has 0 N–H and O–H groups in total. The van der Waals surface area contributed by atoms with Gasteiger partial charge in [0.2, 0.25) is 5.69 Å². The molecule has 0 atom stereocenters. The van der Waals surface area contributed by atoms with E-state index in [9.17, 15) is 18.0 Å². The molecule has 0 aliphatic rings. The van der Waals surface area contributed by atoms with Crippen LogP contribution in [0.5, 0.6) is 5.75 Å². The van der Waals surface area contributed by atoms with Crippen molar-refractivity contribution in [3.63, 3.8) is 0 Å². The number of nitriles is 1. The summed E-state index contributed by atoms with van der Waals surface area (Å²) in [6, 6.07) is 6.68. The Kier molecular flexibility index (Phi) is 3.43. The van der Waals surface area contributed by atoms with E-state index in [1.165, 1.54) is 18.2 Å². The van der Waals surface area contributed by atoms with Gasteiger partial charge in [-0.25, -0.2) is 4.98 Å². The van der Waals surface area contributed by atoms with Gasteiger partial charge in [0.25, 0.3) is 5.56 Å². The van der Waals surface area contributed by atoms with Crippen LogP contribution in [0, 0.1) is 11.3 Å². The number of nitrogens with zero attached hydrogens (tertiary/aromatic N) is 3. The molecule has 1 aromatic heterocycles. The first-order valence-corrected chi connectivity index (χ1v) is 5.25. The molecule has 0 aliphatic heterocycles. The molecule has 2 aromatic rings. The molecule has 1 aromatic carbocycles. The van der Waals surface area contributed by atoms with E-state index in [1.54, 1.807) is 6.07 Å². The van der Waals surface area contributed by atoms with Crippen LogP contribution in [0.25, 0.3) is 5.69 Å². The molecule has 0 aliphatic carbocycles. The number of benzene rings is 1. The standard InChI is InChI=1S/C12H6F3N3O2/c13-12(14,15)20-10-4-2-1-3-9(10)18-6-5-17-8(7-16)11(18)19/h1-6H. The summed E-state index contributed by atoms with van der Waals surface area (Å²) >= 11 is 0. The van der Waals surface area contributed by atoms with Crippen molar-refractivity contribution in [3.8, 4) is 17.5 Å². The van der Waals surface area contributed by atoms with Crippen LogP contribution in [0.1, 0.15) is 5.69 Å². The van der Waals surface area contributed by atoms with Gasteiger partial charge in [0, 0.05) is 12.4 Å². The predicted molar refractivity (Wildman–Crippen MR) is 61.2 cm³/mol. The second kappa shape index (κ2) is 5.05. The van der Waals surface area contributed by atoms with Crippen LogP contribution in [0.3, 0.4) is 0 Å². The van der Waals surface area contributed by atoms with E-state index >= 15 is 0 Å². The highest BCUT2D eigenvalue weighted by molar-refractivity contribution is 5.47. The first-order valence-electron chi connectivity index (χ1n) is 5.25. The number of alkyl halides is 3. The van der Waals surface area contributed by atoms with Gasteiger partial charge in [0.1, 0.15) is 6.07 Å². The third-order valence-corrected chi connectivity index (χ3v) is 2.30. The van der Waals surface area contributed by atoms with Crippen molar-refractivity contribution < 1.29 is 17.9 Å². The lowest BCUT2D eigenvalue weighted by Gasteiger charge is -2.14. The highest BCUT2D eigenvalue weighted by Crippen LogP contribution is 2.27. The lowest BCUT2D eigenvalue weighted by atomic mass is 10.3. The van der Waals surface area contributed by atoms with Gasteiger partial charge in [0.15, 0.2) is 5.75 Å². The minimum Gasteiger partial charge on any atom is -0.404 e. The molecule has 1 heterocycles. The Balaban J connectivity index is 2.60. The molecule has 8 heteroatoms. The average Bonchev–Trinajstić information content (AvgIpc) is 2.38. The lowest BCUT2D eigenvalue weighted by Crippen LogP contribution is -2.24. The first-order chi connectivity index (χ1) is 9.42. The Hall–Kier alpha value is -2.82. The molecule has 0 amide bonds. The molecule has 102 valence electrons. The molecule has 0 radical (unpaired) electrons. The Morgan fingerprint density at radius 1 is 1.30 bits per heavy atom. The zero-order valence-corrected chi connectivity index (χ0v) is 9.76. The van der Waals surface area contributed by atoms with Gasteiger partial charge in [-0.1, -0.05) is 12.1 Å². The zero-order valence-electron chi connectivity index (χ0n) is 9.76. The summed E-state index contributed by atoms with van der Waals surface area (Å²) in [5.74, 6) is -0.544. The van der Waals surface area contributed by atoms with Crippen LogP contribution in [0.4, 0.5) is 13.2 Å². The van der Waals surface area contributed by atoms with Crippen LogP contribution >= 0.6 is 0 Å². The molecule has 2 rings (SSSR count). The maximum atomic E-state index is 12.3. The van der Waals surface area contributed by atoms with Crippen molar-refractivity contribution in [2.75, 3.05) is 0 Å². The van der Waals surface area contributed by atoms with Crippen LogP contribution in [-0.2, 0) is 0 Å². The van der Waals surface area contributed by atoms with E-state index in [1.807, 2.05) is 0 Å². The molecule has 0 fully saturated rings. The van der Waals surface area contributed by atoms with E-state index in [-0.39, 0.29) is 5.69 Å². The van der Waals surface area contributed by atoms with Crippen LogP contribution < -0.4 is 10.3 Å². The van der Waals surface area contributed by atoms with E-state index in [0.29, 0.717) is 0 Å². The number of rotatable bonds is 2. The van der Waals surface area contributed by atoms with Gasteiger partial charge < -0.3 is 4.74 Å². The summed E-state index contributed by atoms with van der Waals surface area (Å²) in [6.07, 6.45) is -2.59. The average molecular weight is 281 g/mol. The van der Waals surface area contributed by atoms with Crippen LogP contribution in [0.15, 0.2) is 41.5 Å². The van der Waals surface area contributed by atoms with Crippen LogP contribution in [-0.4, -0.2) is 15.9 Å². The number of aromatic nitrogens is 2. The topological polar surface area (TPSA) is 67.9 Å². The fourth-order valence-electron chi connectivity index (χ4n) is 1.55. The zero-order chi connectivity index (χ0) is 14.8. The highest BCUT2D eigenvalue weighted by Gasteiger charge is 2.32. The molecule has 0 saturated carbocycles. The van der Waals surface area contributed by atoms with Gasteiger partial charge in [-0.05, 0) is 12.1 Å². The second-order valence-corrected chi connectivity index (χ2v) is 3.58. The van der Waals surface area contributed by atoms with E-state index in [2.05, 4.69) is 9.72 Å². The summed E-state index contributed by atoms with van der Waals surface area (Å²) in [7, 11) is 0. The van der Waals surface area contributed by atoms with Gasteiger partial charge in [-0.15, -0.1) is 13.2 Å². The van der Waals surface area contributed by atoms with E-state index in [4.69, 9.17) is 5.26 Å². The van der Waals surface area contributed by atoms with Gasteiger partial charge >= 0.3 is 6.36 Å². The highest BCUT2D eigenvalue weighted by atomic mass is 19.4. The van der Waals surface area contributed by atoms with Crippen molar-refractivity contribution in [2.24, 2.45) is 0 Å². The van der Waals surface area contributed by atoms with Crippen molar-refractivity contribution in [1.82, 2.24) is 9.55 Å². The molecule has 0 bridgehead atoms. The van der Waals surface area contributed by atoms with Crippen LogP contribution in [0.2, 0.25) is 0 Å². The van der Waals surface area contributed by atoms with Gasteiger partial charge in [-0.2, -0.15) is 5.26 Å². The largest absolute Gasteiger partial charge is 0.573 e. The number of para-hydroxylation sites is 2. The second-order valence-electron chi connectivity index (χ2n) is 3.58. The first kappa shape index (κ1) is 13.6. The maximum absolute atomic E-state index is 12.3. The molecule has 0 saturated heterocycles. The Bertz CT molecular complexity index is 732. The summed E-state index contributed by atoms with van der Waals surface area (Å²) in [4.78, 5) is 15.4. The Morgan fingerprint density at radius 2 is 2.00 bits per heavy atom. The van der Waals surface area contributed by atoms with Gasteiger partial charge in [-0.3, -0.25) is 9.36 Å². The monoisotopic (exact) mass is 281 g/mol. The van der Waals surface area contributed by atoms with Gasteiger partial charge in [0.05, 0.1) is 5.69 Å². The number of halogens is 3. The third-order valence-electron chi connectivity index (χ3n) is 2.30. The summed E-state index contributed by atoms with van der Waals surface area (Å²) in [5.41, 5.74) is -1.38. The fourth-order valence-corrected chi connectivity index (χ4v) is 1.55. The summed E-state index contributed by atoms with van der Waals surface area (Å²) < 4.78 is 41.6. The fraction of sp³-hybridized carbons (Fsp3) is 0.0833. The molecule has 0 unspecified atom stereocenters. The van der Waals surface area contributed by atoms with E-state index < -0.39 is 23.4 Å². The lowest BCUT2D eigenvalue weighted by molar-refractivity contribution is -0.274. The Labute approximate surface area is 110 Å². The number of hydrogen-bond donors (Lipinski definition) is 0. The SMILES string of the molecule is N#Cc1nccn(-c2ccccc2OC(F)(F)F)c1=O. The molecular weight excluding hydrogens is 275 g/mol. The quantitative estimate of drug-likeness (QED) is 0.844. The molecule has 20 heavy (non-hydrogen) atoms. The van der Waals surface area contributed by atoms with Crippen molar-refractivity contribution in [3.05, 3.63) is 52.7 Å².